The molecule has 0 saturated heterocycles. The van der Waals surface area contributed by atoms with Crippen LogP contribution in [0.4, 0.5) is 28.9 Å². The Balaban J connectivity index is 0.000000593. The molecule has 0 spiro atoms. The predicted octanol–water partition coefficient (Wildman–Crippen LogP) is 7.40. The van der Waals surface area contributed by atoms with Gasteiger partial charge in [0.25, 0.3) is 5.91 Å². The number of nitrogens with one attached hydrogen (secondary N) is 1. The van der Waals surface area contributed by atoms with Crippen molar-refractivity contribution in [1.82, 2.24) is 0 Å². The minimum absolute atomic E-state index is 0. The number of hydrogen-bond donors (Lipinski definition) is 5. The van der Waals surface area contributed by atoms with Crippen molar-refractivity contribution in [2.45, 2.75) is 0 Å². The van der Waals surface area contributed by atoms with Gasteiger partial charge in [-0.1, -0.05) is 24.3 Å². The van der Waals surface area contributed by atoms with E-state index in [0.29, 0.717) is 0 Å². The second-order valence-electron chi connectivity index (χ2n) is 7.20. The van der Waals surface area contributed by atoms with E-state index in [-0.39, 0.29) is 51.7 Å². The minimum Gasteiger partial charge on any atom is -0.507 e. The highest BCUT2D eigenvalue weighted by Gasteiger charge is 2.11. The van der Waals surface area contributed by atoms with Crippen LogP contribution in [0.5, 0.6) is 11.5 Å². The number of halogens is 7. The zero-order chi connectivity index (χ0) is 30.2. The Morgan fingerprint density at radius 2 is 1.15 bits per heavy atom. The first kappa shape index (κ1) is 36.8. The molecule has 0 aliphatic heterocycles. The van der Waals surface area contributed by atoms with Gasteiger partial charge in [-0.15, -0.1) is 35.6 Å². The minimum atomic E-state index is -1.11. The van der Waals surface area contributed by atoms with Gasteiger partial charge < -0.3 is 26.4 Å². The number of nitrogen functional groups attached to an aromatic ring is 1. The Labute approximate surface area is 248 Å². The molecule has 4 aromatic rings. The van der Waals surface area contributed by atoms with Crippen LogP contribution in [0, 0.1) is 23.3 Å². The standard InChI is InChI=1S/C13H9F2NO2.C7H6O3.C6H5F2N.CH2Cl2.ClH/c14-10-6-5-8(7-11(10)15)16-13(18)9-3-1-2-4-12(9)17;8-6-4-2-1-3-5(6)7(9)10;7-5-2-1-4(9)3-6(5)8;2-1-3;/h1-7,17H,(H,16,18);1-4,8H,(H,9,10);1-3H,9H2;1H2;1H. The van der Waals surface area contributed by atoms with Crippen molar-refractivity contribution in [3.8, 4) is 11.5 Å². The SMILES string of the molecule is Cl.ClCCl.Nc1ccc(F)c(F)c1.O=C(Nc1ccc(F)c(F)c1)c1ccccc1O.O=C(O)c1ccccc1O. The first-order valence-corrected chi connectivity index (χ1v) is 11.9. The molecule has 4 rings (SSSR count). The number of phenols is 2. The molecule has 0 aliphatic rings. The lowest BCUT2D eigenvalue weighted by atomic mass is 10.2. The number of rotatable bonds is 3. The number of carbonyl (C=O) groups is 2. The van der Waals surface area contributed by atoms with Crippen molar-refractivity contribution < 1.29 is 42.5 Å². The van der Waals surface area contributed by atoms with Gasteiger partial charge in [-0.25, -0.2) is 22.4 Å². The molecule has 4 aromatic carbocycles. The van der Waals surface area contributed by atoms with Crippen molar-refractivity contribution in [2.75, 3.05) is 16.4 Å². The summed E-state index contributed by atoms with van der Waals surface area (Å²) in [5.74, 6) is -5.91. The van der Waals surface area contributed by atoms with E-state index < -0.39 is 35.1 Å². The van der Waals surface area contributed by atoms with Crippen molar-refractivity contribution in [3.63, 3.8) is 0 Å². The van der Waals surface area contributed by atoms with Crippen molar-refractivity contribution in [3.05, 3.63) is 119 Å². The normalized spacial score (nSPS) is 9.22. The zero-order valence-corrected chi connectivity index (χ0v) is 23.0. The van der Waals surface area contributed by atoms with Gasteiger partial charge in [0.15, 0.2) is 23.3 Å². The van der Waals surface area contributed by atoms with Crippen LogP contribution in [-0.4, -0.2) is 32.5 Å². The third-order valence-electron chi connectivity index (χ3n) is 4.40. The summed E-state index contributed by atoms with van der Waals surface area (Å²) in [5, 5.41) is 29.3. The summed E-state index contributed by atoms with van der Waals surface area (Å²) in [7, 11) is 0. The Bertz CT molecular complexity index is 1430. The molecule has 6 N–H and O–H groups in total. The number of anilines is 2. The van der Waals surface area contributed by atoms with Crippen LogP contribution in [0.2, 0.25) is 0 Å². The fourth-order valence-corrected chi connectivity index (χ4v) is 2.60. The van der Waals surface area contributed by atoms with E-state index in [2.05, 4.69) is 5.32 Å². The molecule has 0 aromatic heterocycles. The largest absolute Gasteiger partial charge is 0.507 e. The van der Waals surface area contributed by atoms with E-state index >= 15 is 0 Å². The number of aromatic carboxylic acids is 1. The number of para-hydroxylation sites is 2. The number of carboxylic acid groups (broad SMARTS) is 1. The van der Waals surface area contributed by atoms with Gasteiger partial charge >= 0.3 is 5.97 Å². The summed E-state index contributed by atoms with van der Waals surface area (Å²) in [6.07, 6.45) is 0. The number of carbonyl (C=O) groups excluding carboxylic acids is 1. The highest BCUT2D eigenvalue weighted by atomic mass is 35.5. The summed E-state index contributed by atoms with van der Waals surface area (Å²) < 4.78 is 49.8. The lowest BCUT2D eigenvalue weighted by Crippen LogP contribution is -2.12. The van der Waals surface area contributed by atoms with E-state index in [4.69, 9.17) is 39.1 Å². The molecule has 0 fully saturated rings. The number of alkyl halides is 2. The van der Waals surface area contributed by atoms with E-state index in [1.165, 1.54) is 36.4 Å². The highest BCUT2D eigenvalue weighted by Crippen LogP contribution is 2.19. The molecule has 0 radical (unpaired) electrons. The first-order valence-electron chi connectivity index (χ1n) is 10.8. The van der Waals surface area contributed by atoms with E-state index in [9.17, 15) is 32.3 Å². The molecule has 220 valence electrons. The molecule has 14 heteroatoms. The smallest absolute Gasteiger partial charge is 0.339 e. The Morgan fingerprint density at radius 3 is 1.54 bits per heavy atom. The Kier molecular flexibility index (Phi) is 17.0. The summed E-state index contributed by atoms with van der Waals surface area (Å²) >= 11 is 9.53. The number of benzene rings is 4. The van der Waals surface area contributed by atoms with Crippen molar-refractivity contribution in [2.24, 2.45) is 0 Å². The van der Waals surface area contributed by atoms with Gasteiger partial charge in [0.05, 0.1) is 10.9 Å². The third-order valence-corrected chi connectivity index (χ3v) is 4.40. The van der Waals surface area contributed by atoms with E-state index in [0.717, 1.165) is 24.3 Å². The number of carboxylic acids is 1. The maximum Gasteiger partial charge on any atom is 0.339 e. The van der Waals surface area contributed by atoms with E-state index in [1.54, 1.807) is 24.3 Å². The predicted molar refractivity (Wildman–Crippen MR) is 152 cm³/mol. The highest BCUT2D eigenvalue weighted by molar-refractivity contribution is 6.40. The number of phenolic OH excluding ortho intramolecular Hbond substituents is 1. The quantitative estimate of drug-likeness (QED) is 0.0903. The van der Waals surface area contributed by atoms with Crippen molar-refractivity contribution >= 4 is 58.9 Å². The van der Waals surface area contributed by atoms with Crippen LogP contribution in [0.25, 0.3) is 0 Å². The monoisotopic (exact) mass is 636 g/mol. The van der Waals surface area contributed by atoms with Crippen LogP contribution >= 0.6 is 35.6 Å². The van der Waals surface area contributed by atoms with Gasteiger partial charge in [-0.05, 0) is 54.6 Å². The number of nitrogens with two attached hydrogens (primary N) is 1. The average molecular weight is 638 g/mol. The fraction of sp³-hybridized carbons (Fsp3) is 0.0370. The summed E-state index contributed by atoms with van der Waals surface area (Å²) in [4.78, 5) is 22.0. The fourth-order valence-electron chi connectivity index (χ4n) is 2.60. The molecule has 41 heavy (non-hydrogen) atoms. The lowest BCUT2D eigenvalue weighted by Gasteiger charge is -2.06. The second-order valence-corrected chi connectivity index (χ2v) is 8.01. The van der Waals surface area contributed by atoms with Gasteiger partial charge in [0.1, 0.15) is 17.1 Å². The molecule has 0 unspecified atom stereocenters. The van der Waals surface area contributed by atoms with Gasteiger partial charge in [-0.2, -0.15) is 0 Å². The van der Waals surface area contributed by atoms with Crippen LogP contribution in [0.1, 0.15) is 20.7 Å². The molecule has 0 bridgehead atoms. The molecular formula is C27H23Cl3F4N2O5. The number of hydrogen-bond acceptors (Lipinski definition) is 5. The van der Waals surface area contributed by atoms with Crippen LogP contribution in [-0.2, 0) is 0 Å². The lowest BCUT2D eigenvalue weighted by molar-refractivity contribution is 0.0693. The maximum absolute atomic E-state index is 12.9. The molecule has 0 saturated carbocycles. The first-order chi connectivity index (χ1) is 18.9. The van der Waals surface area contributed by atoms with Crippen LogP contribution in [0.15, 0.2) is 84.9 Å². The maximum atomic E-state index is 12.9. The molecular weight excluding hydrogens is 615 g/mol. The van der Waals surface area contributed by atoms with Crippen LogP contribution < -0.4 is 11.1 Å². The van der Waals surface area contributed by atoms with Gasteiger partial charge in [0, 0.05) is 17.4 Å². The zero-order valence-electron chi connectivity index (χ0n) is 20.7. The van der Waals surface area contributed by atoms with Gasteiger partial charge in [0.2, 0.25) is 0 Å². The summed E-state index contributed by atoms with van der Waals surface area (Å²) in [6, 6.07) is 18.0. The van der Waals surface area contributed by atoms with Crippen LogP contribution in [0.3, 0.4) is 0 Å². The molecule has 0 atom stereocenters. The van der Waals surface area contributed by atoms with E-state index in [1.807, 2.05) is 0 Å². The number of aromatic hydroxyl groups is 2. The summed E-state index contributed by atoms with van der Waals surface area (Å²) in [5.41, 5.74) is 5.45. The Hall–Kier alpha value is -4.19. The second kappa shape index (κ2) is 19.0. The van der Waals surface area contributed by atoms with Gasteiger partial charge in [-0.3, -0.25) is 4.79 Å². The topological polar surface area (TPSA) is 133 Å². The Morgan fingerprint density at radius 1 is 0.707 bits per heavy atom. The molecule has 0 heterocycles. The molecule has 1 amide bonds. The number of amides is 1. The molecule has 7 nitrogen and oxygen atoms in total. The third kappa shape index (κ3) is 13.1. The van der Waals surface area contributed by atoms with Crippen molar-refractivity contribution in [1.29, 1.82) is 0 Å². The molecule has 0 aliphatic carbocycles. The summed E-state index contributed by atoms with van der Waals surface area (Å²) in [6.45, 7) is 0. The average Bonchev–Trinajstić information content (AvgIpc) is 2.90.